The molecule has 1 saturated heterocycles. The number of hydrogen-bond acceptors (Lipinski definition) is 1. The third-order valence-corrected chi connectivity index (χ3v) is 3.76. The monoisotopic (exact) mass is 207 g/mol. The lowest BCUT2D eigenvalue weighted by Crippen LogP contribution is -2.28. The van der Waals surface area contributed by atoms with Gasteiger partial charge in [0.05, 0.1) is 0 Å². The molecule has 3 atom stereocenters. The second-order valence-corrected chi connectivity index (χ2v) is 4.94. The van der Waals surface area contributed by atoms with Gasteiger partial charge >= 0.3 is 0 Å². The van der Waals surface area contributed by atoms with Crippen LogP contribution in [0, 0.1) is 11.8 Å². The second-order valence-electron chi connectivity index (χ2n) is 4.50. The van der Waals surface area contributed by atoms with Crippen molar-refractivity contribution in [2.24, 2.45) is 11.8 Å². The van der Waals surface area contributed by atoms with Crippen LogP contribution in [0.5, 0.6) is 0 Å². The Hall–Kier alpha value is -0.530. The van der Waals surface area contributed by atoms with Crippen LogP contribution < -0.4 is 5.32 Å². The zero-order chi connectivity index (χ0) is 9.54. The van der Waals surface area contributed by atoms with Gasteiger partial charge in [0.2, 0.25) is 0 Å². The maximum absolute atomic E-state index is 5.87. The number of piperidine rings is 1. The van der Waals surface area contributed by atoms with Crippen molar-refractivity contribution in [1.82, 2.24) is 5.32 Å². The van der Waals surface area contributed by atoms with Crippen LogP contribution in [-0.4, -0.2) is 6.54 Å². The van der Waals surface area contributed by atoms with E-state index in [-0.39, 0.29) is 0 Å². The molecule has 1 nitrogen and oxygen atoms in total. The molecule has 0 bridgehead atoms. The molecular weight excluding hydrogens is 194 g/mol. The fraction of sp³-hybridized carbons (Fsp3) is 0.500. The number of nitrogens with one attached hydrogen (secondary N) is 1. The number of benzene rings is 1. The number of rotatable bonds is 1. The molecule has 2 heteroatoms. The van der Waals surface area contributed by atoms with E-state index in [2.05, 4.69) is 17.4 Å². The van der Waals surface area contributed by atoms with Crippen LogP contribution >= 0.6 is 11.6 Å². The highest BCUT2D eigenvalue weighted by atomic mass is 35.5. The van der Waals surface area contributed by atoms with Gasteiger partial charge in [-0.25, -0.2) is 0 Å². The van der Waals surface area contributed by atoms with Crippen LogP contribution in [-0.2, 0) is 0 Å². The summed E-state index contributed by atoms with van der Waals surface area (Å²) < 4.78 is 0. The Bertz CT molecular complexity index is 333. The molecular formula is C12H14ClN. The van der Waals surface area contributed by atoms with E-state index in [1.807, 2.05) is 12.1 Å². The van der Waals surface area contributed by atoms with Crippen molar-refractivity contribution < 1.29 is 0 Å². The normalized spacial score (nSPS) is 35.1. The van der Waals surface area contributed by atoms with Crippen molar-refractivity contribution in [3.05, 3.63) is 34.9 Å². The maximum Gasteiger partial charge on any atom is 0.0406 e. The minimum atomic E-state index is 0.566. The summed E-state index contributed by atoms with van der Waals surface area (Å²) in [5.74, 6) is 1.98. The average Bonchev–Trinajstić information content (AvgIpc) is 2.96. The van der Waals surface area contributed by atoms with Crippen LogP contribution in [0.2, 0.25) is 5.02 Å². The van der Waals surface area contributed by atoms with Crippen LogP contribution in [0.25, 0.3) is 0 Å². The third kappa shape index (κ3) is 1.55. The summed E-state index contributed by atoms with van der Waals surface area (Å²) in [5, 5.41) is 4.43. The highest BCUT2D eigenvalue weighted by Crippen LogP contribution is 2.47. The molecule has 2 fully saturated rings. The van der Waals surface area contributed by atoms with E-state index in [1.165, 1.54) is 24.9 Å². The zero-order valence-corrected chi connectivity index (χ0v) is 8.80. The van der Waals surface area contributed by atoms with Gasteiger partial charge in [0.15, 0.2) is 0 Å². The minimum Gasteiger partial charge on any atom is -0.310 e. The maximum atomic E-state index is 5.87. The quantitative estimate of drug-likeness (QED) is 0.747. The first kappa shape index (κ1) is 8.75. The molecule has 1 aromatic carbocycles. The van der Waals surface area contributed by atoms with Crippen molar-refractivity contribution in [3.63, 3.8) is 0 Å². The van der Waals surface area contributed by atoms with Gasteiger partial charge in [-0.1, -0.05) is 23.7 Å². The predicted molar refractivity (Wildman–Crippen MR) is 58.4 cm³/mol. The van der Waals surface area contributed by atoms with E-state index in [9.17, 15) is 0 Å². The molecule has 1 aromatic rings. The van der Waals surface area contributed by atoms with Crippen molar-refractivity contribution in [1.29, 1.82) is 0 Å². The standard InChI is InChI=1S/C12H14ClN/c13-11-3-1-8(2-4-11)12-6-9-5-10(9)7-14-12/h1-4,9-10,12,14H,5-7H2. The van der Waals surface area contributed by atoms with Crippen LogP contribution in [0.1, 0.15) is 24.4 Å². The minimum absolute atomic E-state index is 0.566. The first-order valence-electron chi connectivity index (χ1n) is 5.32. The van der Waals surface area contributed by atoms with E-state index >= 15 is 0 Å². The Morgan fingerprint density at radius 3 is 2.57 bits per heavy atom. The van der Waals surface area contributed by atoms with E-state index in [1.54, 1.807) is 0 Å². The summed E-state index contributed by atoms with van der Waals surface area (Å²) in [5.41, 5.74) is 1.39. The Morgan fingerprint density at radius 1 is 1.07 bits per heavy atom. The summed E-state index contributed by atoms with van der Waals surface area (Å²) >= 11 is 5.87. The fourth-order valence-electron chi connectivity index (χ4n) is 2.48. The lowest BCUT2D eigenvalue weighted by molar-refractivity contribution is 0.395. The molecule has 3 rings (SSSR count). The van der Waals surface area contributed by atoms with Crippen molar-refractivity contribution in [3.8, 4) is 0 Å². The third-order valence-electron chi connectivity index (χ3n) is 3.51. The van der Waals surface area contributed by atoms with E-state index in [0.29, 0.717) is 6.04 Å². The number of hydrogen-bond donors (Lipinski definition) is 1. The van der Waals surface area contributed by atoms with Crippen LogP contribution in [0.4, 0.5) is 0 Å². The number of halogens is 1. The van der Waals surface area contributed by atoms with Gasteiger partial charge < -0.3 is 5.32 Å². The van der Waals surface area contributed by atoms with Gasteiger partial charge in [0, 0.05) is 11.1 Å². The van der Waals surface area contributed by atoms with Gasteiger partial charge in [-0.2, -0.15) is 0 Å². The Kier molecular flexibility index (Phi) is 2.03. The largest absolute Gasteiger partial charge is 0.310 e. The van der Waals surface area contributed by atoms with Crippen molar-refractivity contribution in [2.75, 3.05) is 6.54 Å². The smallest absolute Gasteiger partial charge is 0.0406 e. The van der Waals surface area contributed by atoms with Crippen LogP contribution in [0.15, 0.2) is 24.3 Å². The second kappa shape index (κ2) is 3.25. The molecule has 1 aliphatic carbocycles. The topological polar surface area (TPSA) is 12.0 Å². The molecule has 2 aliphatic rings. The van der Waals surface area contributed by atoms with Gasteiger partial charge in [-0.05, 0) is 48.9 Å². The van der Waals surface area contributed by atoms with Gasteiger partial charge in [-0.15, -0.1) is 0 Å². The van der Waals surface area contributed by atoms with Crippen molar-refractivity contribution >= 4 is 11.6 Å². The molecule has 0 radical (unpaired) electrons. The molecule has 1 heterocycles. The summed E-state index contributed by atoms with van der Waals surface area (Å²) in [6.07, 6.45) is 2.75. The summed E-state index contributed by atoms with van der Waals surface area (Å²) in [6.45, 7) is 1.21. The molecule has 1 saturated carbocycles. The SMILES string of the molecule is Clc1ccc(C2CC3CC3CN2)cc1. The molecule has 1 aliphatic heterocycles. The lowest BCUT2D eigenvalue weighted by Gasteiger charge is -2.23. The molecule has 74 valence electrons. The van der Waals surface area contributed by atoms with Crippen LogP contribution in [0.3, 0.4) is 0 Å². The molecule has 0 spiro atoms. The highest BCUT2D eigenvalue weighted by molar-refractivity contribution is 6.30. The summed E-state index contributed by atoms with van der Waals surface area (Å²) in [4.78, 5) is 0. The first-order chi connectivity index (χ1) is 6.83. The highest BCUT2D eigenvalue weighted by Gasteiger charge is 2.42. The van der Waals surface area contributed by atoms with Gasteiger partial charge in [-0.3, -0.25) is 0 Å². The Balaban J connectivity index is 1.77. The lowest BCUT2D eigenvalue weighted by atomic mass is 9.97. The van der Waals surface area contributed by atoms with E-state index in [4.69, 9.17) is 11.6 Å². The molecule has 3 unspecified atom stereocenters. The number of fused-ring (bicyclic) bond motifs is 1. The first-order valence-corrected chi connectivity index (χ1v) is 5.69. The van der Waals surface area contributed by atoms with Gasteiger partial charge in [0.1, 0.15) is 0 Å². The summed E-state index contributed by atoms with van der Waals surface area (Å²) in [7, 11) is 0. The molecule has 1 N–H and O–H groups in total. The fourth-order valence-corrected chi connectivity index (χ4v) is 2.60. The van der Waals surface area contributed by atoms with Gasteiger partial charge in [0.25, 0.3) is 0 Å². The predicted octanol–water partition coefficient (Wildman–Crippen LogP) is 3.01. The van der Waals surface area contributed by atoms with E-state index in [0.717, 1.165) is 16.9 Å². The molecule has 14 heavy (non-hydrogen) atoms. The zero-order valence-electron chi connectivity index (χ0n) is 8.04. The molecule has 0 aromatic heterocycles. The Labute approximate surface area is 89.5 Å². The molecule has 0 amide bonds. The summed E-state index contributed by atoms with van der Waals surface area (Å²) in [6, 6.07) is 8.82. The average molecular weight is 208 g/mol. The Morgan fingerprint density at radius 2 is 1.86 bits per heavy atom. The van der Waals surface area contributed by atoms with E-state index < -0.39 is 0 Å². The van der Waals surface area contributed by atoms with Crippen molar-refractivity contribution in [2.45, 2.75) is 18.9 Å².